The molecule has 0 aliphatic carbocycles. The van der Waals surface area contributed by atoms with Crippen LogP contribution in [-0.2, 0) is 33.3 Å². The Morgan fingerprint density at radius 1 is 0.400 bits per heavy atom. The highest BCUT2D eigenvalue weighted by Gasteiger charge is 2.22. The molecule has 0 N–H and O–H groups in total. The summed E-state index contributed by atoms with van der Waals surface area (Å²) in [7, 11) is 5.94. The third-order valence-electron chi connectivity index (χ3n) is 14.7. The zero-order valence-electron chi connectivity index (χ0n) is 50.4. The highest BCUT2D eigenvalue weighted by Crippen LogP contribution is 2.18. The first-order valence-corrected chi connectivity index (χ1v) is 32.5. The van der Waals surface area contributed by atoms with Crippen LogP contribution in [0.5, 0.6) is 0 Å². The number of esters is 2. The van der Waals surface area contributed by atoms with Gasteiger partial charge in [-0.15, -0.1) is 0 Å². The predicted octanol–water partition coefficient (Wildman–Crippen LogP) is 18.1. The molecule has 0 spiro atoms. The van der Waals surface area contributed by atoms with Crippen molar-refractivity contribution in [2.24, 2.45) is 0 Å². The summed E-state index contributed by atoms with van der Waals surface area (Å²) in [6.07, 6.45) is 66.7. The van der Waals surface area contributed by atoms with E-state index in [0.29, 0.717) is 23.9 Å². The molecule has 0 radical (unpaired) electrons. The third kappa shape index (κ3) is 59.3. The second-order valence-corrected chi connectivity index (χ2v) is 23.4. The lowest BCUT2D eigenvalue weighted by Gasteiger charge is -2.26. The SMILES string of the molecule is CCCCCCC/C=C\C/C=C\CCCCCCCCCCCCCC(=O)OC(COC(=O)CCCCCCCCCCCCCCCCCCCCCCCCCCCCC)COC(OCC[N+](C)(C)C)C(=O)[O-]. The van der Waals surface area contributed by atoms with E-state index in [2.05, 4.69) is 38.2 Å². The van der Waals surface area contributed by atoms with Gasteiger partial charge in [0.2, 0.25) is 0 Å². The van der Waals surface area contributed by atoms with Gasteiger partial charge in [-0.1, -0.05) is 289 Å². The van der Waals surface area contributed by atoms with Gasteiger partial charge in [-0.3, -0.25) is 9.59 Å². The van der Waals surface area contributed by atoms with E-state index in [1.807, 2.05) is 21.1 Å². The van der Waals surface area contributed by atoms with Crippen molar-refractivity contribution in [2.75, 3.05) is 47.5 Å². The highest BCUT2D eigenvalue weighted by molar-refractivity contribution is 5.70. The number of quaternary nitrogens is 1. The molecule has 0 aliphatic rings. The average Bonchev–Trinajstić information content (AvgIpc) is 3.38. The minimum atomic E-state index is -1.62. The third-order valence-corrected chi connectivity index (χ3v) is 14.7. The Hall–Kier alpha value is -2.23. The zero-order valence-corrected chi connectivity index (χ0v) is 50.4. The van der Waals surface area contributed by atoms with Gasteiger partial charge in [-0.25, -0.2) is 0 Å². The van der Waals surface area contributed by atoms with Gasteiger partial charge in [0, 0.05) is 12.8 Å². The lowest BCUT2D eigenvalue weighted by Crippen LogP contribution is -2.44. The standard InChI is InChI=1S/C66H125NO8/c1-6-8-10-12-14-16-18-20-22-24-26-28-30-31-32-33-35-36-38-40-42-44-46-48-50-52-54-56-63(68)73-60-62(61-74-66(65(70)71)72-59-58-67(3,4)5)75-64(69)57-55-53-51-49-47-45-43-41-39-37-34-29-27-25-23-21-19-17-15-13-11-9-7-2/h19,21,25,27,62,66H,6-18,20,22-24,26,28-61H2,1-5H3/b21-19-,27-25-. The Morgan fingerprint density at radius 3 is 1.05 bits per heavy atom. The van der Waals surface area contributed by atoms with Gasteiger partial charge in [0.25, 0.3) is 0 Å². The van der Waals surface area contributed by atoms with Crippen LogP contribution in [0, 0.1) is 0 Å². The summed E-state index contributed by atoms with van der Waals surface area (Å²) in [6, 6.07) is 0. The molecule has 0 aromatic rings. The lowest BCUT2D eigenvalue weighted by molar-refractivity contribution is -0.870. The van der Waals surface area contributed by atoms with Crippen LogP contribution < -0.4 is 5.11 Å². The summed E-state index contributed by atoms with van der Waals surface area (Å²) < 4.78 is 22.8. The van der Waals surface area contributed by atoms with Gasteiger partial charge >= 0.3 is 11.9 Å². The number of hydrogen-bond donors (Lipinski definition) is 0. The molecule has 0 aromatic carbocycles. The summed E-state index contributed by atoms with van der Waals surface area (Å²) >= 11 is 0. The van der Waals surface area contributed by atoms with Crippen molar-refractivity contribution in [1.82, 2.24) is 0 Å². The Kier molecular flexibility index (Phi) is 56.2. The van der Waals surface area contributed by atoms with Crippen molar-refractivity contribution in [3.05, 3.63) is 24.3 Å². The van der Waals surface area contributed by atoms with E-state index in [-0.39, 0.29) is 32.2 Å². The normalized spacial score (nSPS) is 12.8. The van der Waals surface area contributed by atoms with Gasteiger partial charge in [-0.2, -0.15) is 0 Å². The molecular weight excluding hydrogens is 935 g/mol. The van der Waals surface area contributed by atoms with Crippen LogP contribution in [0.15, 0.2) is 24.3 Å². The predicted molar refractivity (Wildman–Crippen MR) is 316 cm³/mol. The summed E-state index contributed by atoms with van der Waals surface area (Å²) in [4.78, 5) is 37.4. The fraction of sp³-hybridized carbons (Fsp3) is 0.894. The number of aliphatic carboxylic acids is 1. The van der Waals surface area contributed by atoms with E-state index < -0.39 is 24.3 Å². The molecule has 9 nitrogen and oxygen atoms in total. The van der Waals surface area contributed by atoms with Gasteiger partial charge < -0.3 is 33.3 Å². The summed E-state index contributed by atoms with van der Waals surface area (Å²) in [5.74, 6) is -2.26. The van der Waals surface area contributed by atoms with Crippen LogP contribution in [0.3, 0.4) is 0 Å². The molecule has 0 rings (SSSR count). The second-order valence-electron chi connectivity index (χ2n) is 23.4. The minimum absolute atomic E-state index is 0.150. The Morgan fingerprint density at radius 2 is 0.720 bits per heavy atom. The maximum atomic E-state index is 12.9. The Balaban J connectivity index is 4.12. The number of likely N-dealkylation sites (N-methyl/N-ethyl adjacent to an activating group) is 1. The van der Waals surface area contributed by atoms with Crippen molar-refractivity contribution in [3.8, 4) is 0 Å². The van der Waals surface area contributed by atoms with Crippen molar-refractivity contribution in [1.29, 1.82) is 0 Å². The molecule has 9 heteroatoms. The molecule has 0 bridgehead atoms. The smallest absolute Gasteiger partial charge is 0.306 e. The Labute approximate surface area is 465 Å². The van der Waals surface area contributed by atoms with Gasteiger partial charge in [0.05, 0.1) is 40.3 Å². The van der Waals surface area contributed by atoms with Crippen LogP contribution in [0.2, 0.25) is 0 Å². The first-order valence-electron chi connectivity index (χ1n) is 32.5. The van der Waals surface area contributed by atoms with Crippen LogP contribution in [0.4, 0.5) is 0 Å². The molecule has 0 aliphatic heterocycles. The van der Waals surface area contributed by atoms with Crippen molar-refractivity contribution in [3.63, 3.8) is 0 Å². The van der Waals surface area contributed by atoms with Gasteiger partial charge in [-0.05, 0) is 44.9 Å². The first kappa shape index (κ1) is 72.8. The number of ether oxygens (including phenoxy) is 4. The van der Waals surface area contributed by atoms with Crippen LogP contribution in [0.25, 0.3) is 0 Å². The molecule has 75 heavy (non-hydrogen) atoms. The number of carbonyl (C=O) groups is 3. The first-order chi connectivity index (χ1) is 36.6. The van der Waals surface area contributed by atoms with Crippen molar-refractivity contribution in [2.45, 2.75) is 334 Å². The molecule has 0 saturated heterocycles. The van der Waals surface area contributed by atoms with Crippen LogP contribution in [0.1, 0.15) is 322 Å². The summed E-state index contributed by atoms with van der Waals surface area (Å²) in [5, 5.41) is 11.8. The Bertz CT molecular complexity index is 1280. The molecular formula is C66H125NO8. The number of unbranched alkanes of at least 4 members (excludes halogenated alkanes) is 42. The van der Waals surface area contributed by atoms with Gasteiger partial charge in [0.1, 0.15) is 13.2 Å². The summed E-state index contributed by atoms with van der Waals surface area (Å²) in [5.41, 5.74) is 0. The fourth-order valence-electron chi connectivity index (χ4n) is 9.69. The van der Waals surface area contributed by atoms with Crippen molar-refractivity contribution < 1.29 is 42.9 Å². The van der Waals surface area contributed by atoms with E-state index in [9.17, 15) is 19.5 Å². The topological polar surface area (TPSA) is 111 Å². The van der Waals surface area contributed by atoms with E-state index in [4.69, 9.17) is 18.9 Å². The summed E-state index contributed by atoms with van der Waals surface area (Å²) in [6.45, 7) is 4.80. The number of carboxylic acid groups (broad SMARTS) is 1. The number of carboxylic acids is 1. The molecule has 0 amide bonds. The molecule has 0 saturated carbocycles. The number of rotatable bonds is 61. The number of allylic oxidation sites excluding steroid dienone is 4. The van der Waals surface area contributed by atoms with E-state index in [0.717, 1.165) is 44.9 Å². The molecule has 0 heterocycles. The minimum Gasteiger partial charge on any atom is -0.545 e. The van der Waals surface area contributed by atoms with E-state index >= 15 is 0 Å². The maximum Gasteiger partial charge on any atom is 0.306 e. The quantitative estimate of drug-likeness (QED) is 0.0195. The lowest BCUT2D eigenvalue weighted by atomic mass is 10.0. The largest absolute Gasteiger partial charge is 0.545 e. The monoisotopic (exact) mass is 1060 g/mol. The molecule has 2 unspecified atom stereocenters. The van der Waals surface area contributed by atoms with E-state index in [1.165, 1.54) is 244 Å². The van der Waals surface area contributed by atoms with Crippen LogP contribution >= 0.6 is 0 Å². The highest BCUT2D eigenvalue weighted by atomic mass is 16.7. The molecule has 0 fully saturated rings. The van der Waals surface area contributed by atoms with Crippen molar-refractivity contribution >= 4 is 17.9 Å². The van der Waals surface area contributed by atoms with Gasteiger partial charge in [0.15, 0.2) is 12.4 Å². The molecule has 0 aromatic heterocycles. The molecule has 2 atom stereocenters. The number of carbonyl (C=O) groups excluding carboxylic acids is 3. The fourth-order valence-corrected chi connectivity index (χ4v) is 9.69. The number of hydrogen-bond acceptors (Lipinski definition) is 8. The molecule has 442 valence electrons. The average molecular weight is 1060 g/mol. The van der Waals surface area contributed by atoms with Crippen LogP contribution in [-0.4, -0.2) is 82.3 Å². The number of nitrogens with zero attached hydrogens (tertiary/aromatic N) is 1. The van der Waals surface area contributed by atoms with E-state index in [1.54, 1.807) is 0 Å². The maximum absolute atomic E-state index is 12.9. The second kappa shape index (κ2) is 57.9. The zero-order chi connectivity index (χ0) is 54.8.